The van der Waals surface area contributed by atoms with Crippen LogP contribution in [0.1, 0.15) is 41.2 Å². The van der Waals surface area contributed by atoms with E-state index in [-0.39, 0.29) is 42.3 Å². The molecule has 3 amide bonds. The van der Waals surface area contributed by atoms with Crippen LogP contribution < -0.4 is 0 Å². The number of carbonyl (C=O) groups is 3. The summed E-state index contributed by atoms with van der Waals surface area (Å²) in [6.07, 6.45) is 5.66. The Bertz CT molecular complexity index is 939. The van der Waals surface area contributed by atoms with Crippen molar-refractivity contribution in [2.75, 3.05) is 26.2 Å². The van der Waals surface area contributed by atoms with Gasteiger partial charge in [0.2, 0.25) is 11.8 Å². The molecule has 2 aromatic rings. The fraction of sp³-hybridized carbons (Fsp3) is 0.455. The first-order chi connectivity index (χ1) is 14.6. The molecule has 1 N–H and O–H groups in total. The van der Waals surface area contributed by atoms with Gasteiger partial charge in [0.25, 0.3) is 5.91 Å². The number of hydrogen-bond acceptors (Lipinski definition) is 4. The average molecular weight is 407 g/mol. The van der Waals surface area contributed by atoms with Crippen molar-refractivity contribution < 1.29 is 14.4 Å². The van der Waals surface area contributed by atoms with Gasteiger partial charge in [0.15, 0.2) is 0 Å². The number of carbonyl (C=O) groups excluding carboxylic acids is 3. The second kappa shape index (κ2) is 7.59. The van der Waals surface area contributed by atoms with Gasteiger partial charge in [-0.25, -0.2) is 0 Å². The number of nitrogens with zero attached hydrogens (tertiary/aromatic N) is 4. The quantitative estimate of drug-likeness (QED) is 0.834. The first-order valence-corrected chi connectivity index (χ1v) is 10.6. The van der Waals surface area contributed by atoms with Crippen LogP contribution in [0.25, 0.3) is 0 Å². The number of amides is 3. The highest BCUT2D eigenvalue weighted by atomic mass is 16.2. The van der Waals surface area contributed by atoms with E-state index in [1.807, 2.05) is 40.1 Å². The molecule has 0 saturated carbocycles. The van der Waals surface area contributed by atoms with Crippen molar-refractivity contribution in [2.24, 2.45) is 5.92 Å². The lowest BCUT2D eigenvalue weighted by Gasteiger charge is -2.40. The fourth-order valence-corrected chi connectivity index (χ4v) is 5.20. The van der Waals surface area contributed by atoms with Crippen LogP contribution in [0.3, 0.4) is 0 Å². The molecule has 3 saturated heterocycles. The molecule has 30 heavy (non-hydrogen) atoms. The Balaban J connectivity index is 1.44. The highest BCUT2D eigenvalue weighted by molar-refractivity contribution is 5.97. The van der Waals surface area contributed by atoms with Gasteiger partial charge >= 0.3 is 0 Å². The van der Waals surface area contributed by atoms with Crippen molar-refractivity contribution in [2.45, 2.75) is 31.3 Å². The van der Waals surface area contributed by atoms with Gasteiger partial charge in [0, 0.05) is 25.8 Å². The lowest BCUT2D eigenvalue weighted by Crippen LogP contribution is -2.55. The Morgan fingerprint density at radius 2 is 1.83 bits per heavy atom. The number of piperazine rings is 1. The van der Waals surface area contributed by atoms with Crippen LogP contribution in [-0.4, -0.2) is 74.8 Å². The zero-order valence-corrected chi connectivity index (χ0v) is 16.7. The SMILES string of the molecule is O=C(c1cn[nH]c1)N1CC(=O)N2C(c3ccccc3)C(C(=O)N3CCCC3)C[C@H]2C1. The number of likely N-dealkylation sites (tertiary alicyclic amines) is 1. The van der Waals surface area contributed by atoms with Crippen molar-refractivity contribution in [3.05, 3.63) is 53.9 Å². The lowest BCUT2D eigenvalue weighted by atomic mass is 9.92. The minimum Gasteiger partial charge on any atom is -0.342 e. The Labute approximate surface area is 174 Å². The predicted molar refractivity (Wildman–Crippen MR) is 108 cm³/mol. The molecule has 0 bridgehead atoms. The smallest absolute Gasteiger partial charge is 0.257 e. The van der Waals surface area contributed by atoms with E-state index >= 15 is 0 Å². The van der Waals surface area contributed by atoms with Crippen molar-refractivity contribution in [1.29, 1.82) is 0 Å². The molecule has 0 spiro atoms. The van der Waals surface area contributed by atoms with E-state index in [2.05, 4.69) is 10.2 Å². The third-order valence-corrected chi connectivity index (χ3v) is 6.55. The monoisotopic (exact) mass is 407 g/mol. The molecular formula is C22H25N5O3. The van der Waals surface area contributed by atoms with Crippen LogP contribution in [0.15, 0.2) is 42.7 Å². The van der Waals surface area contributed by atoms with Gasteiger partial charge in [-0.05, 0) is 24.8 Å². The highest BCUT2D eigenvalue weighted by Crippen LogP contribution is 2.44. The summed E-state index contributed by atoms with van der Waals surface area (Å²) in [6, 6.07) is 9.39. The third kappa shape index (κ3) is 3.16. The van der Waals surface area contributed by atoms with Gasteiger partial charge in [0.05, 0.1) is 29.8 Å². The van der Waals surface area contributed by atoms with Crippen LogP contribution >= 0.6 is 0 Å². The molecule has 156 valence electrons. The molecule has 5 rings (SSSR count). The zero-order chi connectivity index (χ0) is 20.7. The number of H-pyrrole nitrogens is 1. The number of fused-ring (bicyclic) bond motifs is 1. The summed E-state index contributed by atoms with van der Waals surface area (Å²) < 4.78 is 0. The first kappa shape index (κ1) is 18.8. The maximum absolute atomic E-state index is 13.4. The largest absolute Gasteiger partial charge is 0.342 e. The van der Waals surface area contributed by atoms with Crippen LogP contribution in [0.4, 0.5) is 0 Å². The Morgan fingerprint density at radius 3 is 2.53 bits per heavy atom. The average Bonchev–Trinajstić information content (AvgIpc) is 3.54. The minimum atomic E-state index is -0.275. The summed E-state index contributed by atoms with van der Waals surface area (Å²) in [5, 5.41) is 6.48. The van der Waals surface area contributed by atoms with Gasteiger partial charge in [-0.2, -0.15) is 5.10 Å². The summed E-state index contributed by atoms with van der Waals surface area (Å²) in [6.45, 7) is 2.04. The van der Waals surface area contributed by atoms with E-state index in [0.29, 0.717) is 18.5 Å². The van der Waals surface area contributed by atoms with Gasteiger partial charge < -0.3 is 14.7 Å². The molecule has 3 fully saturated rings. The van der Waals surface area contributed by atoms with Gasteiger partial charge in [-0.15, -0.1) is 0 Å². The Kier molecular flexibility index (Phi) is 4.77. The Hall–Kier alpha value is -3.16. The third-order valence-electron chi connectivity index (χ3n) is 6.55. The van der Waals surface area contributed by atoms with E-state index in [1.165, 1.54) is 6.20 Å². The van der Waals surface area contributed by atoms with E-state index < -0.39 is 0 Å². The van der Waals surface area contributed by atoms with Gasteiger partial charge in [-0.3, -0.25) is 19.5 Å². The number of hydrogen-bond donors (Lipinski definition) is 1. The maximum Gasteiger partial charge on any atom is 0.257 e. The van der Waals surface area contributed by atoms with Crippen molar-refractivity contribution in [3.63, 3.8) is 0 Å². The number of benzene rings is 1. The summed E-state index contributed by atoms with van der Waals surface area (Å²) in [5.41, 5.74) is 1.43. The normalized spacial score (nSPS) is 26.2. The van der Waals surface area contributed by atoms with Crippen LogP contribution in [0.5, 0.6) is 0 Å². The zero-order valence-electron chi connectivity index (χ0n) is 16.7. The molecule has 0 radical (unpaired) electrons. The van der Waals surface area contributed by atoms with Crippen LogP contribution in [0, 0.1) is 5.92 Å². The summed E-state index contributed by atoms with van der Waals surface area (Å²) in [7, 11) is 0. The number of rotatable bonds is 3. The first-order valence-electron chi connectivity index (χ1n) is 10.6. The molecule has 0 aliphatic carbocycles. The van der Waals surface area contributed by atoms with E-state index in [4.69, 9.17) is 0 Å². The molecule has 3 atom stereocenters. The minimum absolute atomic E-state index is 0.0223. The molecule has 3 aliphatic rings. The van der Waals surface area contributed by atoms with Gasteiger partial charge in [-0.1, -0.05) is 30.3 Å². The van der Waals surface area contributed by atoms with Gasteiger partial charge in [0.1, 0.15) is 6.54 Å². The number of nitrogens with one attached hydrogen (secondary N) is 1. The van der Waals surface area contributed by atoms with E-state index in [1.54, 1.807) is 11.1 Å². The summed E-state index contributed by atoms with van der Waals surface area (Å²) >= 11 is 0. The number of aromatic nitrogens is 2. The molecule has 4 heterocycles. The molecular weight excluding hydrogens is 382 g/mol. The topological polar surface area (TPSA) is 89.6 Å². The Morgan fingerprint density at radius 1 is 1.07 bits per heavy atom. The second-order valence-electron chi connectivity index (χ2n) is 8.36. The second-order valence-corrected chi connectivity index (χ2v) is 8.36. The lowest BCUT2D eigenvalue weighted by molar-refractivity contribution is -0.141. The van der Waals surface area contributed by atoms with E-state index in [0.717, 1.165) is 31.5 Å². The number of aromatic amines is 1. The van der Waals surface area contributed by atoms with Crippen LogP contribution in [-0.2, 0) is 9.59 Å². The molecule has 3 aliphatic heterocycles. The van der Waals surface area contributed by atoms with Crippen molar-refractivity contribution in [1.82, 2.24) is 24.9 Å². The highest BCUT2D eigenvalue weighted by Gasteiger charge is 2.51. The van der Waals surface area contributed by atoms with E-state index in [9.17, 15) is 14.4 Å². The molecule has 8 nitrogen and oxygen atoms in total. The molecule has 2 unspecified atom stereocenters. The maximum atomic E-state index is 13.4. The fourth-order valence-electron chi connectivity index (χ4n) is 5.20. The molecule has 8 heteroatoms. The molecule has 1 aromatic heterocycles. The standard InChI is InChI=1S/C22H25N5O3/c28-19-14-26(21(29)16-11-23-24-12-16)13-17-10-18(22(30)25-8-4-5-9-25)20(27(17)19)15-6-2-1-3-7-15/h1-3,6-7,11-12,17-18,20H,4-5,8-10,13-14H2,(H,23,24)/t17-,18?,20?/m0/s1. The summed E-state index contributed by atoms with van der Waals surface area (Å²) in [4.78, 5) is 44.8. The predicted octanol–water partition coefficient (Wildman–Crippen LogP) is 1.45. The van der Waals surface area contributed by atoms with Crippen molar-refractivity contribution in [3.8, 4) is 0 Å². The van der Waals surface area contributed by atoms with Crippen LogP contribution in [0.2, 0.25) is 0 Å². The molecule has 1 aromatic carbocycles. The summed E-state index contributed by atoms with van der Waals surface area (Å²) in [5.74, 6) is -0.448. The van der Waals surface area contributed by atoms with Crippen molar-refractivity contribution >= 4 is 17.7 Å².